The molecule has 0 bridgehead atoms. The second-order valence-electron chi connectivity index (χ2n) is 4.11. The van der Waals surface area contributed by atoms with Crippen molar-refractivity contribution in [1.29, 1.82) is 0 Å². The number of hydrogen-bond donors (Lipinski definition) is 0. The number of rotatable bonds is 0. The Balaban J connectivity index is 1.95. The largest absolute Gasteiger partial charge is 0.618 e. The summed E-state index contributed by atoms with van der Waals surface area (Å²) in [5.74, 6) is 1.02. The van der Waals surface area contributed by atoms with Crippen LogP contribution in [0.3, 0.4) is 0 Å². The van der Waals surface area contributed by atoms with Crippen LogP contribution in [0.25, 0.3) is 0 Å². The minimum atomic E-state index is -0.145. The van der Waals surface area contributed by atoms with Crippen LogP contribution in [-0.4, -0.2) is 12.9 Å². The molecule has 80 valence electrons. The lowest BCUT2D eigenvalue weighted by Crippen LogP contribution is -2.44. The molecule has 0 saturated carbocycles. The van der Waals surface area contributed by atoms with Gasteiger partial charge < -0.3 is 14.7 Å². The predicted molar refractivity (Wildman–Crippen MR) is 52.2 cm³/mol. The van der Waals surface area contributed by atoms with Gasteiger partial charge in [0.05, 0.1) is 6.61 Å². The van der Waals surface area contributed by atoms with Gasteiger partial charge in [0.2, 0.25) is 12.0 Å². The minimum absolute atomic E-state index is 0.145. The van der Waals surface area contributed by atoms with Gasteiger partial charge in [-0.15, -0.1) is 0 Å². The van der Waals surface area contributed by atoms with Crippen LogP contribution in [0.5, 0.6) is 5.75 Å². The Hall–Kier alpha value is -1.29. The lowest BCUT2D eigenvalue weighted by Gasteiger charge is -2.34. The summed E-state index contributed by atoms with van der Waals surface area (Å²) in [6.07, 6.45) is 4.29. The van der Waals surface area contributed by atoms with E-state index in [9.17, 15) is 5.21 Å². The summed E-state index contributed by atoms with van der Waals surface area (Å²) in [5.41, 5.74) is 0.740. The van der Waals surface area contributed by atoms with E-state index in [-0.39, 0.29) is 6.29 Å². The van der Waals surface area contributed by atoms with Gasteiger partial charge in [-0.05, 0) is 18.9 Å². The van der Waals surface area contributed by atoms with Crippen molar-refractivity contribution in [2.24, 2.45) is 5.92 Å². The topological polar surface area (TPSA) is 45.4 Å². The Labute approximate surface area is 88.0 Å². The van der Waals surface area contributed by atoms with Crippen molar-refractivity contribution in [3.05, 3.63) is 29.2 Å². The van der Waals surface area contributed by atoms with Gasteiger partial charge in [-0.2, -0.15) is 4.73 Å². The number of nitrogens with zero attached hydrogens (tertiary/aromatic N) is 1. The summed E-state index contributed by atoms with van der Waals surface area (Å²) in [4.78, 5) is 0. The Morgan fingerprint density at radius 2 is 2.40 bits per heavy atom. The second kappa shape index (κ2) is 3.38. The highest BCUT2D eigenvalue weighted by Gasteiger charge is 2.36. The number of pyridine rings is 1. The second-order valence-corrected chi connectivity index (χ2v) is 4.11. The molecule has 3 heterocycles. The van der Waals surface area contributed by atoms with Gasteiger partial charge in [0.25, 0.3) is 0 Å². The molecule has 2 atom stereocenters. The Bertz CT molecular complexity index is 380. The summed E-state index contributed by atoms with van der Waals surface area (Å²) in [6.45, 7) is 0.765. The third kappa shape index (κ3) is 1.45. The van der Waals surface area contributed by atoms with Crippen molar-refractivity contribution in [3.63, 3.8) is 0 Å². The number of ether oxygens (including phenoxy) is 2. The lowest BCUT2D eigenvalue weighted by molar-refractivity contribution is -0.616. The standard InChI is InChI=1S/C11H13NO3/c13-12-5-1-4-10-9(12)7-8-3-2-6-14-11(8)15-10/h1,4-5,8,11H,2-3,6-7H2/t8-,11-/m0/s1. The summed E-state index contributed by atoms with van der Waals surface area (Å²) < 4.78 is 12.1. The molecule has 1 fully saturated rings. The molecule has 1 aromatic heterocycles. The first-order chi connectivity index (χ1) is 7.34. The van der Waals surface area contributed by atoms with Crippen molar-refractivity contribution in [1.82, 2.24) is 0 Å². The van der Waals surface area contributed by atoms with Crippen LogP contribution in [0.4, 0.5) is 0 Å². The maximum atomic E-state index is 11.5. The van der Waals surface area contributed by atoms with E-state index in [1.807, 2.05) is 6.07 Å². The maximum Gasteiger partial charge on any atom is 0.235 e. The molecule has 1 saturated heterocycles. The summed E-state index contributed by atoms with van der Waals surface area (Å²) in [7, 11) is 0. The summed E-state index contributed by atoms with van der Waals surface area (Å²) in [5, 5.41) is 11.5. The van der Waals surface area contributed by atoms with E-state index in [1.165, 1.54) is 6.20 Å². The van der Waals surface area contributed by atoms with Crippen molar-refractivity contribution >= 4 is 0 Å². The molecule has 0 aliphatic carbocycles. The molecule has 0 amide bonds. The lowest BCUT2D eigenvalue weighted by atomic mass is 9.92. The highest BCUT2D eigenvalue weighted by Crippen LogP contribution is 2.33. The average Bonchev–Trinajstić information content (AvgIpc) is 2.27. The van der Waals surface area contributed by atoms with Crippen LogP contribution in [0.2, 0.25) is 0 Å². The van der Waals surface area contributed by atoms with Gasteiger partial charge in [0.15, 0.2) is 11.9 Å². The smallest absolute Gasteiger partial charge is 0.235 e. The first kappa shape index (κ1) is 8.97. The molecule has 15 heavy (non-hydrogen) atoms. The highest BCUT2D eigenvalue weighted by molar-refractivity contribution is 5.26. The number of hydrogen-bond acceptors (Lipinski definition) is 3. The molecular formula is C11H13NO3. The Morgan fingerprint density at radius 1 is 1.47 bits per heavy atom. The molecule has 4 heteroatoms. The van der Waals surface area contributed by atoms with E-state index in [2.05, 4.69) is 0 Å². The molecule has 4 nitrogen and oxygen atoms in total. The van der Waals surface area contributed by atoms with Gasteiger partial charge in [-0.1, -0.05) is 0 Å². The van der Waals surface area contributed by atoms with E-state index in [0.29, 0.717) is 11.7 Å². The van der Waals surface area contributed by atoms with Gasteiger partial charge >= 0.3 is 0 Å². The van der Waals surface area contributed by atoms with Gasteiger partial charge in [0.1, 0.15) is 0 Å². The van der Waals surface area contributed by atoms with Crippen molar-refractivity contribution < 1.29 is 14.2 Å². The fourth-order valence-corrected chi connectivity index (χ4v) is 2.32. The zero-order valence-electron chi connectivity index (χ0n) is 8.39. The fourth-order valence-electron chi connectivity index (χ4n) is 2.32. The van der Waals surface area contributed by atoms with Crippen molar-refractivity contribution in [3.8, 4) is 5.75 Å². The fraction of sp³-hybridized carbons (Fsp3) is 0.545. The minimum Gasteiger partial charge on any atom is -0.618 e. The molecule has 1 aromatic rings. The number of aromatic nitrogens is 1. The van der Waals surface area contributed by atoms with Gasteiger partial charge in [-0.25, -0.2) is 0 Å². The maximum absolute atomic E-state index is 11.5. The van der Waals surface area contributed by atoms with Crippen LogP contribution in [0, 0.1) is 11.1 Å². The van der Waals surface area contributed by atoms with Crippen LogP contribution in [-0.2, 0) is 11.2 Å². The molecule has 0 N–H and O–H groups in total. The monoisotopic (exact) mass is 207 g/mol. The van der Waals surface area contributed by atoms with E-state index in [4.69, 9.17) is 9.47 Å². The van der Waals surface area contributed by atoms with E-state index < -0.39 is 0 Å². The molecule has 2 aliphatic heterocycles. The molecule has 3 rings (SSSR count). The first-order valence-corrected chi connectivity index (χ1v) is 5.34. The normalized spacial score (nSPS) is 28.8. The molecule has 0 unspecified atom stereocenters. The zero-order chi connectivity index (χ0) is 10.3. The SMILES string of the molecule is [O-][n+]1cccc2c1C[C@@H]1CCCO[C@H]1O2. The summed E-state index contributed by atoms with van der Waals surface area (Å²) in [6, 6.07) is 3.53. The summed E-state index contributed by atoms with van der Waals surface area (Å²) >= 11 is 0. The van der Waals surface area contributed by atoms with Gasteiger partial charge in [-0.3, -0.25) is 0 Å². The van der Waals surface area contributed by atoms with E-state index >= 15 is 0 Å². The third-order valence-corrected chi connectivity index (χ3v) is 3.10. The molecule has 0 aromatic carbocycles. The average molecular weight is 207 g/mol. The Kier molecular flexibility index (Phi) is 2.02. The first-order valence-electron chi connectivity index (χ1n) is 5.34. The molecule has 0 spiro atoms. The van der Waals surface area contributed by atoms with Crippen molar-refractivity contribution in [2.45, 2.75) is 25.6 Å². The molecular weight excluding hydrogens is 194 g/mol. The predicted octanol–water partition coefficient (Wildman–Crippen LogP) is 1.01. The van der Waals surface area contributed by atoms with E-state index in [1.54, 1.807) is 6.07 Å². The molecule has 2 aliphatic rings. The van der Waals surface area contributed by atoms with Crippen LogP contribution < -0.4 is 9.47 Å². The van der Waals surface area contributed by atoms with Crippen LogP contribution in [0.1, 0.15) is 18.5 Å². The van der Waals surface area contributed by atoms with Crippen LogP contribution >= 0.6 is 0 Å². The highest BCUT2D eigenvalue weighted by atomic mass is 16.7. The van der Waals surface area contributed by atoms with E-state index in [0.717, 1.165) is 36.3 Å². The number of fused-ring (bicyclic) bond motifs is 2. The van der Waals surface area contributed by atoms with Crippen molar-refractivity contribution in [2.75, 3.05) is 6.61 Å². The zero-order valence-corrected chi connectivity index (χ0v) is 8.39. The quantitative estimate of drug-likeness (QED) is 0.471. The third-order valence-electron chi connectivity index (χ3n) is 3.10. The van der Waals surface area contributed by atoms with Crippen LogP contribution in [0.15, 0.2) is 18.3 Å². The van der Waals surface area contributed by atoms with Gasteiger partial charge in [0, 0.05) is 18.4 Å². The molecule has 0 radical (unpaired) electrons. The Morgan fingerprint density at radius 3 is 3.33 bits per heavy atom.